The zero-order valence-electron chi connectivity index (χ0n) is 19.4. The second-order valence-electron chi connectivity index (χ2n) is 8.76. The summed E-state index contributed by atoms with van der Waals surface area (Å²) in [6.45, 7) is 7.30. The van der Waals surface area contributed by atoms with Crippen LogP contribution in [0.25, 0.3) is 0 Å². The van der Waals surface area contributed by atoms with Crippen molar-refractivity contribution in [2.45, 2.75) is 51.7 Å². The molecule has 0 fully saturated rings. The van der Waals surface area contributed by atoms with Gasteiger partial charge in [0.25, 0.3) is 5.91 Å². The van der Waals surface area contributed by atoms with Gasteiger partial charge in [-0.2, -0.15) is 5.26 Å². The lowest BCUT2D eigenvalue weighted by molar-refractivity contribution is -0.135. The molecule has 6 nitrogen and oxygen atoms in total. The van der Waals surface area contributed by atoms with Gasteiger partial charge in [0.2, 0.25) is 5.88 Å². The van der Waals surface area contributed by atoms with Crippen LogP contribution < -0.4 is 10.1 Å². The van der Waals surface area contributed by atoms with E-state index in [2.05, 4.69) is 16.4 Å². The molecule has 0 spiro atoms. The van der Waals surface area contributed by atoms with Crippen molar-refractivity contribution in [3.8, 4) is 17.7 Å². The smallest absolute Gasteiger partial charge is 0.263 e. The predicted octanol–water partition coefficient (Wildman–Crippen LogP) is 4.66. The number of hydrogen-bond acceptors (Lipinski definition) is 5. The average molecular weight is 444 g/mol. The maximum atomic E-state index is 13.2. The van der Waals surface area contributed by atoms with Gasteiger partial charge in [0, 0.05) is 24.2 Å². The van der Waals surface area contributed by atoms with Crippen LogP contribution in [0.3, 0.4) is 0 Å². The fourth-order valence-electron chi connectivity index (χ4n) is 3.61. The van der Waals surface area contributed by atoms with Gasteiger partial charge >= 0.3 is 0 Å². The Balaban J connectivity index is 1.81. The first-order chi connectivity index (χ1) is 15.7. The topological polar surface area (TPSA) is 95.2 Å². The van der Waals surface area contributed by atoms with Gasteiger partial charge in [-0.25, -0.2) is 4.98 Å². The van der Waals surface area contributed by atoms with E-state index in [1.807, 2.05) is 50.2 Å². The minimum atomic E-state index is -1.13. The number of benzene rings is 2. The van der Waals surface area contributed by atoms with Gasteiger partial charge in [-0.1, -0.05) is 30.3 Å². The molecule has 170 valence electrons. The van der Waals surface area contributed by atoms with Crippen molar-refractivity contribution in [3.05, 3.63) is 89.1 Å². The van der Waals surface area contributed by atoms with E-state index in [-0.39, 0.29) is 23.6 Å². The van der Waals surface area contributed by atoms with E-state index >= 15 is 0 Å². The van der Waals surface area contributed by atoms with Crippen molar-refractivity contribution in [1.29, 1.82) is 5.26 Å². The molecule has 0 radical (unpaired) electrons. The van der Waals surface area contributed by atoms with E-state index in [1.54, 1.807) is 44.3 Å². The summed E-state index contributed by atoms with van der Waals surface area (Å²) in [6.07, 6.45) is 2.32. The molecule has 2 N–H and O–H groups in total. The molecule has 3 rings (SSSR count). The van der Waals surface area contributed by atoms with E-state index in [1.165, 1.54) is 0 Å². The fraction of sp³-hybridized carbons (Fsp3) is 0.296. The molecule has 1 aromatic heterocycles. The molecule has 6 heteroatoms. The number of phenolic OH excluding ortho intramolecular Hbond substituents is 1. The summed E-state index contributed by atoms with van der Waals surface area (Å²) in [5, 5.41) is 22.1. The van der Waals surface area contributed by atoms with Crippen molar-refractivity contribution < 1.29 is 14.6 Å². The van der Waals surface area contributed by atoms with Crippen LogP contribution in [0.15, 0.2) is 66.9 Å². The van der Waals surface area contributed by atoms with Gasteiger partial charge in [0.1, 0.15) is 5.75 Å². The molecule has 0 unspecified atom stereocenters. The Labute approximate surface area is 194 Å². The number of hydrogen-bond donors (Lipinski definition) is 2. The van der Waals surface area contributed by atoms with Gasteiger partial charge in [0.05, 0.1) is 11.6 Å². The Bertz CT molecular complexity index is 1130. The van der Waals surface area contributed by atoms with Crippen molar-refractivity contribution in [3.63, 3.8) is 0 Å². The average Bonchev–Trinajstić information content (AvgIpc) is 2.80. The van der Waals surface area contributed by atoms with Crippen LogP contribution in [0.4, 0.5) is 0 Å². The van der Waals surface area contributed by atoms with Crippen LogP contribution in [-0.2, 0) is 11.2 Å². The summed E-state index contributed by atoms with van der Waals surface area (Å²) in [5.74, 6) is 0.229. The zero-order chi connectivity index (χ0) is 24.0. The molecule has 0 aliphatic heterocycles. The molecule has 0 aliphatic carbocycles. The minimum absolute atomic E-state index is 0.0971. The van der Waals surface area contributed by atoms with Gasteiger partial charge in [-0.05, 0) is 75.1 Å². The summed E-state index contributed by atoms with van der Waals surface area (Å²) in [6, 6.07) is 20.0. The second kappa shape index (κ2) is 10.2. The molecule has 0 bridgehead atoms. The third-order valence-corrected chi connectivity index (χ3v) is 5.59. The Kier molecular flexibility index (Phi) is 7.34. The highest BCUT2D eigenvalue weighted by Crippen LogP contribution is 2.27. The van der Waals surface area contributed by atoms with Crippen molar-refractivity contribution in [1.82, 2.24) is 10.3 Å². The number of carbonyl (C=O) groups excluding carboxylic acids is 1. The minimum Gasteiger partial charge on any atom is -0.508 e. The number of phenols is 1. The molecule has 33 heavy (non-hydrogen) atoms. The zero-order valence-corrected chi connectivity index (χ0v) is 19.4. The highest BCUT2D eigenvalue weighted by atomic mass is 16.5. The molecule has 1 heterocycles. The normalized spacial score (nSPS) is 12.9. The maximum Gasteiger partial charge on any atom is 0.263 e. The summed E-state index contributed by atoms with van der Waals surface area (Å²) in [5.41, 5.74) is 2.41. The Morgan fingerprint density at radius 2 is 1.91 bits per heavy atom. The third kappa shape index (κ3) is 6.33. The molecule has 2 aromatic carbocycles. The Morgan fingerprint density at radius 3 is 2.55 bits per heavy atom. The number of amides is 1. The van der Waals surface area contributed by atoms with E-state index in [9.17, 15) is 15.2 Å². The number of carbonyl (C=O) groups is 1. The third-order valence-electron chi connectivity index (χ3n) is 5.59. The highest BCUT2D eigenvalue weighted by molar-refractivity contribution is 5.85. The number of aromatic hydroxyl groups is 1. The summed E-state index contributed by atoms with van der Waals surface area (Å²) in [7, 11) is 0. The molecule has 3 aromatic rings. The monoisotopic (exact) mass is 443 g/mol. The Morgan fingerprint density at radius 1 is 1.18 bits per heavy atom. The van der Waals surface area contributed by atoms with Gasteiger partial charge < -0.3 is 15.2 Å². The van der Waals surface area contributed by atoms with E-state index in [0.717, 1.165) is 16.7 Å². The van der Waals surface area contributed by atoms with Gasteiger partial charge in [-0.3, -0.25) is 4.79 Å². The number of nitrogens with zero attached hydrogens (tertiary/aromatic N) is 2. The quantitative estimate of drug-likeness (QED) is 0.528. The molecule has 2 atom stereocenters. The molecule has 0 saturated heterocycles. The lowest BCUT2D eigenvalue weighted by Crippen LogP contribution is -2.51. The van der Waals surface area contributed by atoms with Crippen molar-refractivity contribution in [2.24, 2.45) is 0 Å². The summed E-state index contributed by atoms with van der Waals surface area (Å²) in [4.78, 5) is 17.4. The molecule has 0 saturated carbocycles. The fourth-order valence-corrected chi connectivity index (χ4v) is 3.61. The van der Waals surface area contributed by atoms with E-state index in [0.29, 0.717) is 17.9 Å². The number of rotatable bonds is 8. The van der Waals surface area contributed by atoms with Crippen molar-refractivity contribution in [2.75, 3.05) is 0 Å². The van der Waals surface area contributed by atoms with Crippen molar-refractivity contribution >= 4 is 5.91 Å². The summed E-state index contributed by atoms with van der Waals surface area (Å²) < 4.78 is 5.88. The van der Waals surface area contributed by atoms with E-state index in [4.69, 9.17) is 4.74 Å². The second-order valence-corrected chi connectivity index (χ2v) is 8.76. The molecule has 1 amide bonds. The standard InChI is InChI=1S/C27H29N3O3/c1-18-8-13-25(29-17-18)33-27(3,4)26(32)30-19(2)24(15-20-9-11-23(31)12-10-20)22-7-5-6-21(14-22)16-28/h5-14,17,19,24,31H,15H2,1-4H3,(H,30,32)/t19-,24+/m0/s1. The first kappa shape index (κ1) is 23.8. The Hall–Kier alpha value is -3.85. The SMILES string of the molecule is Cc1ccc(OC(C)(C)C(=O)N[C@@H](C)[C@@H](Cc2ccc(O)cc2)c2cccc(C#N)c2)nc1. The number of aromatic nitrogens is 1. The first-order valence-electron chi connectivity index (χ1n) is 10.9. The lowest BCUT2D eigenvalue weighted by atomic mass is 9.85. The number of nitriles is 1. The largest absolute Gasteiger partial charge is 0.508 e. The number of pyridine rings is 1. The predicted molar refractivity (Wildman–Crippen MR) is 127 cm³/mol. The number of ether oxygens (including phenoxy) is 1. The summed E-state index contributed by atoms with van der Waals surface area (Å²) >= 11 is 0. The molecule has 0 aliphatic rings. The number of nitrogens with one attached hydrogen (secondary N) is 1. The van der Waals surface area contributed by atoms with Crippen LogP contribution in [0, 0.1) is 18.3 Å². The highest BCUT2D eigenvalue weighted by Gasteiger charge is 2.33. The van der Waals surface area contributed by atoms with Gasteiger partial charge in [-0.15, -0.1) is 0 Å². The molecular formula is C27H29N3O3. The van der Waals surface area contributed by atoms with Crippen LogP contribution in [0.2, 0.25) is 0 Å². The maximum absolute atomic E-state index is 13.2. The number of aryl methyl sites for hydroxylation is 1. The molecular weight excluding hydrogens is 414 g/mol. The lowest BCUT2D eigenvalue weighted by Gasteiger charge is -2.30. The van der Waals surface area contributed by atoms with Crippen LogP contribution in [0.1, 0.15) is 48.9 Å². The van der Waals surface area contributed by atoms with Gasteiger partial charge in [0.15, 0.2) is 5.60 Å². The van der Waals surface area contributed by atoms with Crippen LogP contribution >= 0.6 is 0 Å². The van der Waals surface area contributed by atoms with E-state index < -0.39 is 5.60 Å². The van der Waals surface area contributed by atoms with Crippen LogP contribution in [0.5, 0.6) is 11.6 Å². The van der Waals surface area contributed by atoms with Crippen LogP contribution in [-0.4, -0.2) is 27.6 Å². The first-order valence-corrected chi connectivity index (χ1v) is 10.9.